The lowest BCUT2D eigenvalue weighted by Crippen LogP contribution is -2.50. The van der Waals surface area contributed by atoms with Gasteiger partial charge in [-0.25, -0.2) is 0 Å². The number of rotatable bonds is 5. The molecule has 1 aromatic rings. The Kier molecular flexibility index (Phi) is 5.43. The smallest absolute Gasteiger partial charge is 0.317 e. The first kappa shape index (κ1) is 17.3. The van der Waals surface area contributed by atoms with Gasteiger partial charge in [0.05, 0.1) is 25.2 Å². The summed E-state index contributed by atoms with van der Waals surface area (Å²) < 4.78 is 5.71. The third-order valence-corrected chi connectivity index (χ3v) is 5.55. The van der Waals surface area contributed by atoms with Gasteiger partial charge in [0.15, 0.2) is 0 Å². The van der Waals surface area contributed by atoms with Gasteiger partial charge in [0.2, 0.25) is 5.91 Å². The van der Waals surface area contributed by atoms with E-state index in [0.717, 1.165) is 11.3 Å². The molecule has 130 valence electrons. The normalized spacial score (nSPS) is 23.3. The number of aliphatic carboxylic acids is 1. The quantitative estimate of drug-likeness (QED) is 0.858. The molecule has 1 aromatic carbocycles. The Bertz CT molecular complexity index is 624. The summed E-state index contributed by atoms with van der Waals surface area (Å²) >= 11 is 1.73. The highest BCUT2D eigenvalue weighted by Crippen LogP contribution is 2.40. The third kappa shape index (κ3) is 3.91. The Morgan fingerprint density at radius 1 is 1.42 bits per heavy atom. The molecule has 24 heavy (non-hydrogen) atoms. The molecule has 0 spiro atoms. The molecule has 0 radical (unpaired) electrons. The number of carbonyl (C=O) groups is 2. The number of hydrogen-bond acceptors (Lipinski definition) is 5. The molecule has 2 heterocycles. The third-order valence-electron chi connectivity index (χ3n) is 4.37. The number of thioether (sulfide) groups is 1. The molecule has 2 aliphatic heterocycles. The lowest BCUT2D eigenvalue weighted by Gasteiger charge is -2.35. The van der Waals surface area contributed by atoms with E-state index in [9.17, 15) is 9.59 Å². The first-order valence-corrected chi connectivity index (χ1v) is 9.05. The molecule has 7 heteroatoms. The van der Waals surface area contributed by atoms with Crippen LogP contribution in [0.3, 0.4) is 0 Å². The molecule has 1 amide bonds. The second-order valence-electron chi connectivity index (χ2n) is 6.27. The van der Waals surface area contributed by atoms with Gasteiger partial charge < -0.3 is 14.7 Å². The van der Waals surface area contributed by atoms with E-state index in [1.54, 1.807) is 23.7 Å². The first-order valence-electron chi connectivity index (χ1n) is 8.07. The fraction of sp³-hybridized carbons (Fsp3) is 0.529. The summed E-state index contributed by atoms with van der Waals surface area (Å²) in [5.74, 6) is 0.00299. The van der Waals surface area contributed by atoms with Crippen molar-refractivity contribution in [2.24, 2.45) is 0 Å². The molecule has 3 rings (SSSR count). The molecule has 1 fully saturated rings. The highest BCUT2D eigenvalue weighted by atomic mass is 32.2. The zero-order valence-electron chi connectivity index (χ0n) is 13.7. The number of nitrogens with zero attached hydrogens (tertiary/aromatic N) is 2. The predicted octanol–water partition coefficient (Wildman–Crippen LogP) is 1.12. The summed E-state index contributed by atoms with van der Waals surface area (Å²) in [5.41, 5.74) is 1.12. The van der Waals surface area contributed by atoms with Crippen LogP contribution < -0.4 is 0 Å². The Morgan fingerprint density at radius 2 is 2.21 bits per heavy atom. The van der Waals surface area contributed by atoms with Crippen LogP contribution >= 0.6 is 11.8 Å². The molecule has 2 aliphatic rings. The maximum absolute atomic E-state index is 12.9. The van der Waals surface area contributed by atoms with E-state index in [1.807, 2.05) is 23.1 Å². The van der Waals surface area contributed by atoms with Gasteiger partial charge >= 0.3 is 5.97 Å². The van der Waals surface area contributed by atoms with E-state index in [4.69, 9.17) is 9.84 Å². The minimum atomic E-state index is -0.860. The van der Waals surface area contributed by atoms with Crippen LogP contribution in [0.4, 0.5) is 0 Å². The van der Waals surface area contributed by atoms with Crippen molar-refractivity contribution in [3.63, 3.8) is 0 Å². The van der Waals surface area contributed by atoms with Crippen LogP contribution in [0.15, 0.2) is 29.2 Å². The van der Waals surface area contributed by atoms with Gasteiger partial charge in [0, 0.05) is 30.3 Å². The van der Waals surface area contributed by atoms with Crippen LogP contribution in [0.25, 0.3) is 0 Å². The molecule has 2 atom stereocenters. The molecule has 6 nitrogen and oxygen atoms in total. The van der Waals surface area contributed by atoms with Crippen LogP contribution in [-0.2, 0) is 14.3 Å². The summed E-state index contributed by atoms with van der Waals surface area (Å²) in [6.45, 7) is 2.10. The summed E-state index contributed by atoms with van der Waals surface area (Å²) in [6.07, 6.45) is -0.142. The van der Waals surface area contributed by atoms with Crippen LogP contribution in [0.1, 0.15) is 11.5 Å². The number of carbonyl (C=O) groups excluding carboxylic acids is 1. The average Bonchev–Trinajstić information content (AvgIpc) is 2.97. The van der Waals surface area contributed by atoms with Gasteiger partial charge in [0.25, 0.3) is 0 Å². The lowest BCUT2D eigenvalue weighted by atomic mass is 9.99. The summed E-state index contributed by atoms with van der Waals surface area (Å²) in [5, 5.41) is 8.84. The van der Waals surface area contributed by atoms with Crippen LogP contribution in [0, 0.1) is 0 Å². The van der Waals surface area contributed by atoms with E-state index < -0.39 is 5.97 Å². The maximum Gasteiger partial charge on any atom is 0.317 e. The molecular weight excluding hydrogens is 328 g/mol. The molecule has 0 saturated carbocycles. The number of fused-ring (bicyclic) bond motifs is 1. The van der Waals surface area contributed by atoms with Gasteiger partial charge in [-0.15, -0.1) is 11.8 Å². The van der Waals surface area contributed by atoms with E-state index in [0.29, 0.717) is 26.2 Å². The van der Waals surface area contributed by atoms with Crippen molar-refractivity contribution in [2.75, 3.05) is 45.6 Å². The van der Waals surface area contributed by atoms with Crippen LogP contribution in [-0.4, -0.2) is 78.5 Å². The zero-order valence-corrected chi connectivity index (χ0v) is 14.5. The maximum atomic E-state index is 12.9. The standard InChI is InChI=1S/C17H22N2O4S/c1-18(10-16(20)21)8-12-9-19(6-7-23-12)17(22)14-11-24-15-5-3-2-4-13(14)15/h2-5,12,14H,6-11H2,1H3,(H,20,21). The van der Waals surface area contributed by atoms with Crippen molar-refractivity contribution in [3.05, 3.63) is 29.8 Å². The number of morpholine rings is 1. The SMILES string of the molecule is CN(CC(=O)O)CC1CN(C(=O)C2CSc3ccccc32)CCO1. The number of carboxylic acids is 1. The van der Waals surface area contributed by atoms with E-state index >= 15 is 0 Å². The van der Waals surface area contributed by atoms with Gasteiger partial charge in [-0.3, -0.25) is 14.5 Å². The minimum Gasteiger partial charge on any atom is -0.480 e. The Morgan fingerprint density at radius 3 is 3.00 bits per heavy atom. The summed E-state index contributed by atoms with van der Waals surface area (Å²) in [4.78, 5) is 28.5. The number of amides is 1. The van der Waals surface area contributed by atoms with Gasteiger partial charge in [-0.05, 0) is 18.7 Å². The molecule has 2 unspecified atom stereocenters. The van der Waals surface area contributed by atoms with Crippen LogP contribution in [0.2, 0.25) is 0 Å². The lowest BCUT2D eigenvalue weighted by molar-refractivity contribution is -0.143. The van der Waals surface area contributed by atoms with Gasteiger partial charge in [-0.2, -0.15) is 0 Å². The molecule has 0 bridgehead atoms. The first-order chi connectivity index (χ1) is 11.5. The van der Waals surface area contributed by atoms with Crippen LogP contribution in [0.5, 0.6) is 0 Å². The van der Waals surface area contributed by atoms with Crippen molar-refractivity contribution in [2.45, 2.75) is 16.9 Å². The van der Waals surface area contributed by atoms with E-state index in [-0.39, 0.29) is 24.5 Å². The highest BCUT2D eigenvalue weighted by Gasteiger charge is 2.34. The van der Waals surface area contributed by atoms with Gasteiger partial charge in [0.1, 0.15) is 0 Å². The number of ether oxygens (including phenoxy) is 1. The average molecular weight is 350 g/mol. The fourth-order valence-electron chi connectivity index (χ4n) is 3.26. The second kappa shape index (κ2) is 7.55. The largest absolute Gasteiger partial charge is 0.480 e. The minimum absolute atomic E-state index is 0.0273. The second-order valence-corrected chi connectivity index (χ2v) is 7.33. The predicted molar refractivity (Wildman–Crippen MR) is 91.4 cm³/mol. The molecular formula is C17H22N2O4S. The van der Waals surface area contributed by atoms with Crippen molar-refractivity contribution in [1.82, 2.24) is 9.80 Å². The molecule has 1 saturated heterocycles. The summed E-state index contributed by atoms with van der Waals surface area (Å²) in [6, 6.07) is 8.09. The molecule has 1 N–H and O–H groups in total. The monoisotopic (exact) mass is 350 g/mol. The Balaban J connectivity index is 1.61. The van der Waals surface area contributed by atoms with Crippen molar-refractivity contribution >= 4 is 23.6 Å². The number of likely N-dealkylation sites (N-methyl/N-ethyl adjacent to an activating group) is 1. The van der Waals surface area contributed by atoms with E-state index in [2.05, 4.69) is 6.07 Å². The number of benzene rings is 1. The summed E-state index contributed by atoms with van der Waals surface area (Å²) in [7, 11) is 1.75. The topological polar surface area (TPSA) is 70.1 Å². The fourth-order valence-corrected chi connectivity index (χ4v) is 4.48. The Labute approximate surface area is 145 Å². The van der Waals surface area contributed by atoms with Crippen molar-refractivity contribution in [3.8, 4) is 0 Å². The van der Waals surface area contributed by atoms with Crippen molar-refractivity contribution < 1.29 is 19.4 Å². The molecule has 0 aliphatic carbocycles. The van der Waals surface area contributed by atoms with E-state index in [1.165, 1.54) is 4.90 Å². The molecule has 0 aromatic heterocycles. The Hall–Kier alpha value is -1.57. The van der Waals surface area contributed by atoms with Crippen molar-refractivity contribution in [1.29, 1.82) is 0 Å². The number of carboxylic acid groups (broad SMARTS) is 1. The highest BCUT2D eigenvalue weighted by molar-refractivity contribution is 7.99. The zero-order chi connectivity index (χ0) is 17.1. The van der Waals surface area contributed by atoms with Gasteiger partial charge in [-0.1, -0.05) is 18.2 Å². The number of hydrogen-bond donors (Lipinski definition) is 1.